The number of alkyl halides is 20. The predicted octanol–water partition coefficient (Wildman–Crippen LogP) is 7.29. The van der Waals surface area contributed by atoms with Crippen molar-refractivity contribution in [2.45, 2.75) is 45.2 Å². The second-order valence-electron chi connectivity index (χ2n) is 5.70. The topological polar surface area (TPSA) is 34.1 Å². The molecule has 0 aliphatic rings. The van der Waals surface area contributed by atoms with Crippen LogP contribution in [-0.2, 0) is 9.59 Å². The maximum atomic E-state index is 14.0. The minimum Gasteiger partial charge on any atom is -0.287 e. The monoisotopic (exact) mass is 620 g/mol. The summed E-state index contributed by atoms with van der Waals surface area (Å²) < 4.78 is 213. The molecule has 0 unspecified atom stereocenters. The van der Waals surface area contributed by atoms with E-state index in [1.807, 2.05) is 0 Å². The molecule has 0 N–H and O–H groups in total. The third-order valence-electron chi connectivity index (χ3n) is 3.33. The molecule has 0 saturated heterocycles. The van der Waals surface area contributed by atoms with Crippen molar-refractivity contribution in [3.8, 4) is 0 Å². The molecule has 200 valence electrons. The van der Waals surface area contributed by atoms with Gasteiger partial charge in [0.1, 0.15) is 0 Å². The lowest BCUT2D eigenvalue weighted by molar-refractivity contribution is -0.191. The third-order valence-corrected chi connectivity index (χ3v) is 4.28. The number of carbonyl (C=O) groups excluding carboxylic acids is 2. The molecular formula is C12Cl4F16O2. The summed E-state index contributed by atoms with van der Waals surface area (Å²) in [6.45, 7) is 0. The van der Waals surface area contributed by atoms with Crippen molar-refractivity contribution in [2.24, 2.45) is 0 Å². The summed E-state index contributed by atoms with van der Waals surface area (Å²) in [5.74, 6) is -39.1. The summed E-state index contributed by atoms with van der Waals surface area (Å²) in [5, 5.41) is -26.7. The summed E-state index contributed by atoms with van der Waals surface area (Å²) in [4.78, 5) is 23.0. The predicted molar refractivity (Wildman–Crippen MR) is 80.0 cm³/mol. The minimum absolute atomic E-state index is 3.65. The number of hydrogen-bond donors (Lipinski definition) is 0. The highest BCUT2D eigenvalue weighted by atomic mass is 35.5. The van der Waals surface area contributed by atoms with Gasteiger partial charge in [-0.05, 0) is 46.4 Å². The van der Waals surface area contributed by atoms with Gasteiger partial charge in [0.15, 0.2) is 0 Å². The molecule has 0 fully saturated rings. The second-order valence-corrected chi connectivity index (χ2v) is 7.60. The molecule has 2 nitrogen and oxygen atoms in total. The van der Waals surface area contributed by atoms with E-state index in [1.54, 1.807) is 0 Å². The van der Waals surface area contributed by atoms with Crippen LogP contribution in [0.2, 0.25) is 0 Å². The van der Waals surface area contributed by atoms with Crippen LogP contribution in [0, 0.1) is 0 Å². The molecule has 22 heteroatoms. The van der Waals surface area contributed by atoms with Gasteiger partial charge in [0.2, 0.25) is 11.6 Å². The van der Waals surface area contributed by atoms with Gasteiger partial charge in [-0.15, -0.1) is 0 Å². The number of allylic oxidation sites excluding steroid dienone is 2. The van der Waals surface area contributed by atoms with E-state index in [-0.39, 0.29) is 0 Å². The van der Waals surface area contributed by atoms with E-state index in [1.165, 1.54) is 0 Å². The number of Topliss-reactive ketones (excluding diaryl/α,β-unsaturated/α-hetero) is 2. The van der Waals surface area contributed by atoms with Crippen molar-refractivity contribution < 1.29 is 79.8 Å². The number of carbonyl (C=O) groups is 2. The van der Waals surface area contributed by atoms with Gasteiger partial charge in [0, 0.05) is 0 Å². The molecule has 0 aromatic heterocycles. The Labute approximate surface area is 194 Å². The lowest BCUT2D eigenvalue weighted by atomic mass is 9.86. The average Bonchev–Trinajstić information content (AvgIpc) is 2.53. The van der Waals surface area contributed by atoms with Crippen LogP contribution in [0.15, 0.2) is 11.1 Å². The van der Waals surface area contributed by atoms with Crippen LogP contribution in [0.4, 0.5) is 70.2 Å². The zero-order chi connectivity index (χ0) is 28.3. The smallest absolute Gasteiger partial charge is 0.287 e. The number of rotatable bonds is 10. The van der Waals surface area contributed by atoms with E-state index in [0.29, 0.717) is 0 Å². The van der Waals surface area contributed by atoms with Gasteiger partial charge < -0.3 is 0 Å². The Morgan fingerprint density at radius 3 is 0.618 bits per heavy atom. The average molecular weight is 622 g/mol. The van der Waals surface area contributed by atoms with Crippen molar-refractivity contribution in [3.05, 3.63) is 11.1 Å². The van der Waals surface area contributed by atoms with Crippen molar-refractivity contribution >= 4 is 58.0 Å². The Kier molecular flexibility index (Phi) is 8.67. The summed E-state index contributed by atoms with van der Waals surface area (Å²) in [5.41, 5.74) is -9.98. The van der Waals surface area contributed by atoms with E-state index in [9.17, 15) is 79.8 Å². The molecule has 0 aliphatic carbocycles. The van der Waals surface area contributed by atoms with Crippen molar-refractivity contribution in [1.29, 1.82) is 0 Å². The first kappa shape index (κ1) is 33.1. The van der Waals surface area contributed by atoms with E-state index >= 15 is 0 Å². The summed E-state index contributed by atoms with van der Waals surface area (Å²) in [6.07, 6.45) is 0. The van der Waals surface area contributed by atoms with Crippen molar-refractivity contribution in [3.63, 3.8) is 0 Å². The molecule has 0 aromatic carbocycles. The highest BCUT2D eigenvalue weighted by Gasteiger charge is 2.75. The molecule has 0 radical (unpaired) electrons. The van der Waals surface area contributed by atoms with Crippen LogP contribution < -0.4 is 0 Å². The quantitative estimate of drug-likeness (QED) is 0.146. The van der Waals surface area contributed by atoms with Gasteiger partial charge in [0.25, 0.3) is 0 Å². The highest BCUT2D eigenvalue weighted by molar-refractivity contribution is 6.29. The summed E-state index contributed by atoms with van der Waals surface area (Å²) in [6, 6.07) is 0. The largest absolute Gasteiger partial charge is 0.391 e. The molecule has 0 aliphatic heterocycles. The van der Waals surface area contributed by atoms with Crippen LogP contribution in [0.5, 0.6) is 0 Å². The molecule has 0 saturated carbocycles. The van der Waals surface area contributed by atoms with Crippen molar-refractivity contribution in [1.82, 2.24) is 0 Å². The molecule has 0 atom stereocenters. The van der Waals surface area contributed by atoms with Gasteiger partial charge in [-0.3, -0.25) is 9.59 Å². The highest BCUT2D eigenvalue weighted by Crippen LogP contribution is 2.55. The zero-order valence-corrected chi connectivity index (χ0v) is 17.4. The van der Waals surface area contributed by atoms with Gasteiger partial charge in [-0.1, -0.05) is 0 Å². The molecule has 0 heterocycles. The maximum absolute atomic E-state index is 14.0. The van der Waals surface area contributed by atoms with E-state index in [2.05, 4.69) is 46.4 Å². The first-order valence-electron chi connectivity index (χ1n) is 6.94. The molecule has 0 aromatic rings. The van der Waals surface area contributed by atoms with E-state index in [0.717, 1.165) is 0 Å². The van der Waals surface area contributed by atoms with Crippen LogP contribution in [0.3, 0.4) is 0 Å². The second kappa shape index (κ2) is 8.90. The van der Waals surface area contributed by atoms with Gasteiger partial charge in [-0.25, -0.2) is 0 Å². The first-order chi connectivity index (χ1) is 14.3. The third kappa shape index (κ3) is 5.58. The molecular weight excluding hydrogens is 622 g/mol. The fraction of sp³-hybridized carbons (Fsp3) is 0.667. The number of hydrogen-bond acceptors (Lipinski definition) is 2. The maximum Gasteiger partial charge on any atom is 0.391 e. The fourth-order valence-electron chi connectivity index (χ4n) is 1.68. The lowest BCUT2D eigenvalue weighted by Gasteiger charge is -2.33. The summed E-state index contributed by atoms with van der Waals surface area (Å²) in [7, 11) is 0. The van der Waals surface area contributed by atoms with Crippen molar-refractivity contribution in [2.75, 3.05) is 0 Å². The normalized spacial score (nSPS) is 16.4. The Morgan fingerprint density at radius 1 is 0.353 bits per heavy atom. The Morgan fingerprint density at radius 2 is 0.500 bits per heavy atom. The van der Waals surface area contributed by atoms with Gasteiger partial charge in [-0.2, -0.15) is 70.2 Å². The fourth-order valence-corrected chi connectivity index (χ4v) is 2.04. The van der Waals surface area contributed by atoms with Crippen LogP contribution in [0.1, 0.15) is 0 Å². The van der Waals surface area contributed by atoms with Crippen LogP contribution in [-0.4, -0.2) is 56.8 Å². The Hall–Kier alpha value is -0.880. The number of ketones is 2. The molecule has 0 bridgehead atoms. The van der Waals surface area contributed by atoms with E-state index < -0.39 is 67.9 Å². The molecule has 0 rings (SSSR count). The zero-order valence-electron chi connectivity index (χ0n) is 14.4. The minimum atomic E-state index is -7.45. The van der Waals surface area contributed by atoms with Crippen LogP contribution in [0.25, 0.3) is 0 Å². The summed E-state index contributed by atoms with van der Waals surface area (Å²) >= 11 is 14.6. The lowest BCUT2D eigenvalue weighted by Crippen LogP contribution is -2.56. The molecule has 34 heavy (non-hydrogen) atoms. The van der Waals surface area contributed by atoms with Gasteiger partial charge in [0.05, 0.1) is 11.1 Å². The van der Waals surface area contributed by atoms with Crippen LogP contribution >= 0.6 is 46.4 Å². The first-order valence-corrected chi connectivity index (χ1v) is 8.45. The number of halogens is 20. The Balaban J connectivity index is 8.26. The standard InChI is InChI=1S/C12Cl4F16O2/c13-9(25,26)5(17,18)1(3(33)7(21,22)11(15,29)30)2(6(19,20)10(14,27)28)4(34)8(23,24)12(16,31)32/b2-1+. The SMILES string of the molecule is O=C(/C(=C(/C(=O)C(F)(F)C(F)(F)Cl)C(F)(F)C(F)(F)Cl)C(F)(F)C(F)(F)Cl)C(F)(F)C(F)(F)Cl. The molecule has 0 spiro atoms. The Bertz CT molecular complexity index is 789. The van der Waals surface area contributed by atoms with Gasteiger partial charge >= 0.3 is 45.2 Å². The molecule has 0 amide bonds. The van der Waals surface area contributed by atoms with E-state index in [4.69, 9.17) is 0 Å².